The lowest BCUT2D eigenvalue weighted by atomic mass is 9.82. The zero-order valence-corrected chi connectivity index (χ0v) is 26.5. The molecule has 0 radical (unpaired) electrons. The molecule has 4 aromatic rings. The molecule has 2 N–H and O–H groups in total. The van der Waals surface area contributed by atoms with Crippen LogP contribution >= 0.6 is 39.0 Å². The van der Waals surface area contributed by atoms with Crippen LogP contribution in [0.2, 0.25) is 0 Å². The van der Waals surface area contributed by atoms with Crippen molar-refractivity contribution in [2.45, 2.75) is 28.5 Å². The summed E-state index contributed by atoms with van der Waals surface area (Å²) in [6, 6.07) is 12.7. The lowest BCUT2D eigenvalue weighted by Gasteiger charge is -2.31. The Labute approximate surface area is 277 Å². The second-order valence-electron chi connectivity index (χ2n) is 10.4. The van der Waals surface area contributed by atoms with Crippen LogP contribution in [0.1, 0.15) is 27.5 Å². The van der Waals surface area contributed by atoms with Crippen LogP contribution in [0.4, 0.5) is 37.7 Å². The van der Waals surface area contributed by atoms with E-state index in [2.05, 4.69) is 26.2 Å². The number of ether oxygens (including phenoxy) is 1. The summed E-state index contributed by atoms with van der Waals surface area (Å²) >= 11 is 5.04. The topological polar surface area (TPSA) is 109 Å². The number of para-hydroxylation sites is 1. The second kappa shape index (κ2) is 12.2. The van der Waals surface area contributed by atoms with Gasteiger partial charge in [-0.05, 0) is 48.5 Å². The minimum atomic E-state index is -4.74. The number of thioether (sulfide) groups is 1. The Morgan fingerprint density at radius 2 is 1.68 bits per heavy atom. The van der Waals surface area contributed by atoms with E-state index in [4.69, 9.17) is 4.74 Å². The summed E-state index contributed by atoms with van der Waals surface area (Å²) in [5.41, 5.74) is -2.63. The van der Waals surface area contributed by atoms with Crippen molar-refractivity contribution in [2.75, 3.05) is 16.8 Å². The van der Waals surface area contributed by atoms with Gasteiger partial charge in [-0.25, -0.2) is 4.90 Å². The van der Waals surface area contributed by atoms with Crippen molar-refractivity contribution in [1.29, 1.82) is 0 Å². The van der Waals surface area contributed by atoms with E-state index in [1.54, 1.807) is 12.1 Å². The number of carbonyl (C=O) groups excluding carboxylic acids is 3. The first kappa shape index (κ1) is 32.8. The normalized spacial score (nSPS) is 19.4. The van der Waals surface area contributed by atoms with Gasteiger partial charge in [-0.1, -0.05) is 57.2 Å². The van der Waals surface area contributed by atoms with Crippen LogP contribution in [-0.2, 0) is 26.7 Å². The van der Waals surface area contributed by atoms with E-state index in [1.807, 2.05) is 0 Å². The molecule has 2 aliphatic heterocycles. The molecule has 8 nitrogen and oxygen atoms in total. The molecule has 6 rings (SSSR count). The van der Waals surface area contributed by atoms with E-state index < -0.39 is 75.5 Å². The van der Waals surface area contributed by atoms with Gasteiger partial charge in [0.2, 0.25) is 11.8 Å². The molecule has 244 valence electrons. The average Bonchev–Trinajstić information content (AvgIpc) is 3.49. The van der Waals surface area contributed by atoms with Crippen LogP contribution in [0.15, 0.2) is 81.0 Å². The monoisotopic (exact) mass is 757 g/mol. The number of alkyl halides is 6. The van der Waals surface area contributed by atoms with Gasteiger partial charge in [0.15, 0.2) is 6.61 Å². The molecular formula is C30H18BrF6N3O5S2. The van der Waals surface area contributed by atoms with Gasteiger partial charge in [-0.15, -0.1) is 0 Å². The third-order valence-electron chi connectivity index (χ3n) is 7.43. The van der Waals surface area contributed by atoms with Crippen LogP contribution in [0, 0.1) is 5.92 Å². The van der Waals surface area contributed by atoms with Gasteiger partial charge in [-0.2, -0.15) is 26.3 Å². The Morgan fingerprint density at radius 3 is 2.40 bits per heavy atom. The first-order chi connectivity index (χ1) is 22.1. The molecule has 0 spiro atoms. The minimum absolute atomic E-state index is 0.0210. The fraction of sp³-hybridized carbons (Fsp3) is 0.200. The van der Waals surface area contributed by atoms with Gasteiger partial charge in [0, 0.05) is 20.8 Å². The quantitative estimate of drug-likeness (QED) is 0.161. The van der Waals surface area contributed by atoms with E-state index in [0.717, 1.165) is 47.4 Å². The number of H-pyrrole nitrogens is 1. The molecule has 0 aliphatic carbocycles. The largest absolute Gasteiger partial charge is 0.483 e. The molecule has 17 heteroatoms. The van der Waals surface area contributed by atoms with E-state index >= 15 is 0 Å². The number of fused-ring (bicyclic) bond motifs is 2. The molecule has 3 amide bonds. The lowest BCUT2D eigenvalue weighted by Crippen LogP contribution is -2.32. The molecule has 0 bridgehead atoms. The number of imide groups is 1. The average molecular weight is 759 g/mol. The van der Waals surface area contributed by atoms with E-state index in [0.29, 0.717) is 20.3 Å². The molecular weight excluding hydrogens is 740 g/mol. The van der Waals surface area contributed by atoms with Crippen LogP contribution in [0.3, 0.4) is 0 Å². The first-order valence-electron chi connectivity index (χ1n) is 13.5. The molecule has 3 heterocycles. The van der Waals surface area contributed by atoms with Crippen molar-refractivity contribution < 1.29 is 45.5 Å². The number of nitrogens with one attached hydrogen (secondary N) is 2. The molecule has 2 aliphatic rings. The maximum absolute atomic E-state index is 14.0. The van der Waals surface area contributed by atoms with Gasteiger partial charge in [0.1, 0.15) is 11.0 Å². The standard InChI is InChI=1S/C30H18BrF6N3O5S2/c31-14-8-9-19(45-12-20(41)38-18-7-2-1-6-17(18)30(35,36)37)16(11-14)21-22-24(46-25-23(21)47-28(44)39-25)27(43)40(26(22)42)15-5-3-4-13(10-15)29(32,33)34/h1-11,21-22,24H,12H2,(H,38,41)(H,39,44)/t21-,22-,24+/m0/s1. The summed E-state index contributed by atoms with van der Waals surface area (Å²) in [7, 11) is 0. The van der Waals surface area contributed by atoms with Crippen molar-refractivity contribution in [3.8, 4) is 5.75 Å². The number of carbonyl (C=O) groups is 3. The molecule has 3 atom stereocenters. The number of aromatic nitrogens is 1. The maximum atomic E-state index is 14.0. The SMILES string of the molecule is O=C(COc1ccc(Br)cc1[C@@H]1c2sc(=O)[nH]c2S[C@H]2C(=O)N(c3cccc(C(F)(F)F)c3)C(=O)[C@@H]12)Nc1ccccc1C(F)(F)F. The highest BCUT2D eigenvalue weighted by atomic mass is 79.9. The van der Waals surface area contributed by atoms with Crippen molar-refractivity contribution in [1.82, 2.24) is 4.98 Å². The smallest absolute Gasteiger partial charge is 0.418 e. The Morgan fingerprint density at radius 1 is 0.936 bits per heavy atom. The second-order valence-corrected chi connectivity index (χ2v) is 13.5. The number of aromatic amines is 1. The van der Waals surface area contributed by atoms with E-state index in [9.17, 15) is 45.5 Å². The predicted molar refractivity (Wildman–Crippen MR) is 164 cm³/mol. The summed E-state index contributed by atoms with van der Waals surface area (Å²) in [5.74, 6) is -4.74. The Balaban J connectivity index is 1.35. The third-order valence-corrected chi connectivity index (χ3v) is 10.3. The van der Waals surface area contributed by atoms with Gasteiger partial charge >= 0.3 is 17.2 Å². The van der Waals surface area contributed by atoms with Crippen LogP contribution in [0.5, 0.6) is 5.75 Å². The third kappa shape index (κ3) is 6.30. The summed E-state index contributed by atoms with van der Waals surface area (Å²) < 4.78 is 87.0. The molecule has 1 saturated heterocycles. The summed E-state index contributed by atoms with van der Waals surface area (Å²) in [4.78, 5) is 56.1. The van der Waals surface area contributed by atoms with E-state index in [-0.39, 0.29) is 22.0 Å². The Bertz CT molecular complexity index is 1980. The number of rotatable bonds is 6. The number of thiazole rings is 1. The summed E-state index contributed by atoms with van der Waals surface area (Å²) in [6.45, 7) is -0.754. The van der Waals surface area contributed by atoms with Crippen molar-refractivity contribution >= 4 is 68.1 Å². The fourth-order valence-corrected chi connectivity index (χ4v) is 8.38. The maximum Gasteiger partial charge on any atom is 0.418 e. The fourth-order valence-electron chi connectivity index (χ4n) is 5.49. The first-order valence-corrected chi connectivity index (χ1v) is 16.0. The number of hydrogen-bond donors (Lipinski definition) is 2. The Hall–Kier alpha value is -4.09. The minimum Gasteiger partial charge on any atom is -0.483 e. The van der Waals surface area contributed by atoms with Crippen LogP contribution in [0.25, 0.3) is 0 Å². The zero-order chi connectivity index (χ0) is 33.8. The molecule has 3 aromatic carbocycles. The van der Waals surface area contributed by atoms with Crippen LogP contribution < -0.4 is 19.8 Å². The molecule has 1 fully saturated rings. The summed E-state index contributed by atoms with van der Waals surface area (Å²) in [5, 5.41) is 1.32. The van der Waals surface area contributed by atoms with Crippen molar-refractivity contribution in [3.05, 3.63) is 102 Å². The van der Waals surface area contributed by atoms with Crippen LogP contribution in [-0.4, -0.2) is 34.6 Å². The number of halogens is 7. The Kier molecular flexibility index (Phi) is 8.50. The number of hydrogen-bond acceptors (Lipinski definition) is 7. The highest BCUT2D eigenvalue weighted by Crippen LogP contribution is 2.55. The van der Waals surface area contributed by atoms with Gasteiger partial charge in [0.25, 0.3) is 5.91 Å². The molecule has 0 saturated carbocycles. The van der Waals surface area contributed by atoms with Gasteiger partial charge in [0.05, 0.1) is 33.4 Å². The van der Waals surface area contributed by atoms with Gasteiger partial charge < -0.3 is 15.0 Å². The molecule has 1 aromatic heterocycles. The molecule has 47 heavy (non-hydrogen) atoms. The van der Waals surface area contributed by atoms with Crippen molar-refractivity contribution in [3.63, 3.8) is 0 Å². The highest BCUT2D eigenvalue weighted by molar-refractivity contribution is 9.10. The number of benzene rings is 3. The van der Waals surface area contributed by atoms with Crippen molar-refractivity contribution in [2.24, 2.45) is 5.92 Å². The summed E-state index contributed by atoms with van der Waals surface area (Å²) in [6.07, 6.45) is -9.47. The zero-order valence-electron chi connectivity index (χ0n) is 23.2. The number of anilines is 2. The number of amides is 3. The van der Waals surface area contributed by atoms with E-state index in [1.165, 1.54) is 24.3 Å². The highest BCUT2D eigenvalue weighted by Gasteiger charge is 2.57. The predicted octanol–water partition coefficient (Wildman–Crippen LogP) is 7.05. The molecule has 0 unspecified atom stereocenters. The lowest BCUT2D eigenvalue weighted by molar-refractivity contribution is -0.138. The number of nitrogens with zero attached hydrogens (tertiary/aromatic N) is 1. The van der Waals surface area contributed by atoms with Gasteiger partial charge in [-0.3, -0.25) is 19.2 Å².